The number of nitrogens with zero attached hydrogens (tertiary/aromatic N) is 2. The summed E-state index contributed by atoms with van der Waals surface area (Å²) >= 11 is 5.89. The van der Waals surface area contributed by atoms with Gasteiger partial charge in [0.25, 0.3) is 5.88 Å². The van der Waals surface area contributed by atoms with Crippen LogP contribution < -0.4 is 4.74 Å². The molecule has 0 amide bonds. The van der Waals surface area contributed by atoms with Crippen molar-refractivity contribution in [3.8, 4) is 5.88 Å². The van der Waals surface area contributed by atoms with E-state index in [1.165, 1.54) is 7.11 Å². The highest BCUT2D eigenvalue weighted by molar-refractivity contribution is 6.31. The zero-order valence-corrected chi connectivity index (χ0v) is 8.80. The Labute approximate surface area is 83.1 Å². The molecule has 0 aliphatic heterocycles. The molecular weight excluding hydrogens is 188 g/mol. The van der Waals surface area contributed by atoms with E-state index in [4.69, 9.17) is 16.3 Å². The number of methoxy groups -OCH3 is 1. The molecule has 0 radical (unpaired) electrons. The lowest BCUT2D eigenvalue weighted by Gasteiger charge is -2.05. The third kappa shape index (κ3) is 2.84. The molecule has 0 saturated carbocycles. The molecule has 0 atom stereocenters. The first kappa shape index (κ1) is 10.3. The minimum absolute atomic E-state index is 0.383. The molecule has 72 valence electrons. The van der Waals surface area contributed by atoms with Gasteiger partial charge in [-0.2, -0.15) is 5.10 Å². The normalized spacial score (nSPS) is 10.5. The molecule has 13 heavy (non-hydrogen) atoms. The van der Waals surface area contributed by atoms with Crippen molar-refractivity contribution in [2.24, 2.45) is 5.92 Å². The Kier molecular flexibility index (Phi) is 3.48. The van der Waals surface area contributed by atoms with Crippen LogP contribution in [0.4, 0.5) is 0 Å². The molecule has 0 aliphatic carbocycles. The van der Waals surface area contributed by atoms with Crippen molar-refractivity contribution in [3.63, 3.8) is 0 Å². The van der Waals surface area contributed by atoms with Gasteiger partial charge in [-0.3, -0.25) is 0 Å². The number of aromatic nitrogens is 2. The Morgan fingerprint density at radius 1 is 1.46 bits per heavy atom. The van der Waals surface area contributed by atoms with Crippen molar-refractivity contribution in [2.45, 2.75) is 20.3 Å². The maximum atomic E-state index is 5.89. The molecule has 0 saturated heterocycles. The van der Waals surface area contributed by atoms with E-state index in [0.717, 1.165) is 12.1 Å². The standard InChI is InChI=1S/C9H13ClN2O/c1-6(2)4-7-5-8(10)9(13-3)12-11-7/h5-6H,4H2,1-3H3. The molecule has 1 heterocycles. The molecule has 0 aliphatic rings. The van der Waals surface area contributed by atoms with Gasteiger partial charge in [0.15, 0.2) is 0 Å². The summed E-state index contributed by atoms with van der Waals surface area (Å²) in [6.45, 7) is 4.25. The van der Waals surface area contributed by atoms with Crippen LogP contribution in [0.2, 0.25) is 5.02 Å². The van der Waals surface area contributed by atoms with E-state index in [2.05, 4.69) is 24.0 Å². The van der Waals surface area contributed by atoms with Gasteiger partial charge >= 0.3 is 0 Å². The predicted molar refractivity (Wildman–Crippen MR) is 52.1 cm³/mol. The zero-order chi connectivity index (χ0) is 9.84. The maximum absolute atomic E-state index is 5.89. The Bertz CT molecular complexity index is 289. The van der Waals surface area contributed by atoms with Crippen molar-refractivity contribution >= 4 is 11.6 Å². The minimum Gasteiger partial charge on any atom is -0.479 e. The lowest BCUT2D eigenvalue weighted by Crippen LogP contribution is -2.00. The molecule has 4 heteroatoms. The van der Waals surface area contributed by atoms with Crippen LogP contribution in [-0.4, -0.2) is 17.3 Å². The summed E-state index contributed by atoms with van der Waals surface area (Å²) < 4.78 is 4.90. The average Bonchev–Trinajstić information content (AvgIpc) is 2.03. The molecule has 1 aromatic rings. The Morgan fingerprint density at radius 3 is 2.62 bits per heavy atom. The number of hydrogen-bond donors (Lipinski definition) is 0. The maximum Gasteiger partial charge on any atom is 0.252 e. The van der Waals surface area contributed by atoms with Crippen LogP contribution in [-0.2, 0) is 6.42 Å². The van der Waals surface area contributed by atoms with Gasteiger partial charge in [-0.1, -0.05) is 25.4 Å². The highest BCUT2D eigenvalue weighted by Crippen LogP contribution is 2.21. The molecule has 1 rings (SSSR count). The van der Waals surface area contributed by atoms with Gasteiger partial charge < -0.3 is 4.74 Å². The molecule has 0 N–H and O–H groups in total. The first-order valence-corrected chi connectivity index (χ1v) is 4.57. The number of hydrogen-bond acceptors (Lipinski definition) is 3. The van der Waals surface area contributed by atoms with E-state index >= 15 is 0 Å². The fourth-order valence-electron chi connectivity index (χ4n) is 1.05. The van der Waals surface area contributed by atoms with Crippen LogP contribution in [0.5, 0.6) is 5.88 Å². The van der Waals surface area contributed by atoms with E-state index in [1.807, 2.05) is 0 Å². The summed E-state index contributed by atoms with van der Waals surface area (Å²) in [4.78, 5) is 0. The largest absolute Gasteiger partial charge is 0.479 e. The monoisotopic (exact) mass is 200 g/mol. The second-order valence-corrected chi connectivity index (χ2v) is 3.70. The van der Waals surface area contributed by atoms with Crippen molar-refractivity contribution in [2.75, 3.05) is 7.11 Å². The predicted octanol–water partition coefficient (Wildman–Crippen LogP) is 2.34. The van der Waals surface area contributed by atoms with Crippen molar-refractivity contribution < 1.29 is 4.74 Å². The zero-order valence-electron chi connectivity index (χ0n) is 8.04. The summed E-state index contributed by atoms with van der Waals surface area (Å²) in [6, 6.07) is 1.80. The fraction of sp³-hybridized carbons (Fsp3) is 0.556. The molecule has 3 nitrogen and oxygen atoms in total. The second-order valence-electron chi connectivity index (χ2n) is 3.29. The van der Waals surface area contributed by atoms with Crippen molar-refractivity contribution in [1.82, 2.24) is 10.2 Å². The third-order valence-corrected chi connectivity index (χ3v) is 1.85. The summed E-state index contributed by atoms with van der Waals surface area (Å²) in [5, 5.41) is 8.36. The van der Waals surface area contributed by atoms with E-state index in [1.54, 1.807) is 6.07 Å². The smallest absolute Gasteiger partial charge is 0.252 e. The minimum atomic E-state index is 0.383. The van der Waals surface area contributed by atoms with Gasteiger partial charge in [-0.05, 0) is 18.4 Å². The lowest BCUT2D eigenvalue weighted by molar-refractivity contribution is 0.391. The summed E-state index contributed by atoms with van der Waals surface area (Å²) in [5.41, 5.74) is 0.904. The van der Waals surface area contributed by atoms with Gasteiger partial charge in [0, 0.05) is 0 Å². The Morgan fingerprint density at radius 2 is 2.15 bits per heavy atom. The Balaban J connectivity index is 2.83. The lowest BCUT2D eigenvalue weighted by atomic mass is 10.1. The van der Waals surface area contributed by atoms with Crippen LogP contribution in [0.15, 0.2) is 6.07 Å². The SMILES string of the molecule is COc1nnc(CC(C)C)cc1Cl. The quantitative estimate of drug-likeness (QED) is 0.751. The van der Waals surface area contributed by atoms with Crippen LogP contribution in [0, 0.1) is 5.92 Å². The first-order valence-electron chi connectivity index (χ1n) is 4.19. The highest BCUT2D eigenvalue weighted by atomic mass is 35.5. The molecular formula is C9H13ClN2O. The van der Waals surface area contributed by atoms with Crippen molar-refractivity contribution in [3.05, 3.63) is 16.8 Å². The number of ether oxygens (including phenoxy) is 1. The highest BCUT2D eigenvalue weighted by Gasteiger charge is 2.06. The number of rotatable bonds is 3. The van der Waals surface area contributed by atoms with E-state index < -0.39 is 0 Å². The van der Waals surface area contributed by atoms with Crippen LogP contribution >= 0.6 is 11.6 Å². The summed E-state index contributed by atoms with van der Waals surface area (Å²) in [6.07, 6.45) is 0.886. The van der Waals surface area contributed by atoms with E-state index in [9.17, 15) is 0 Å². The van der Waals surface area contributed by atoms with Crippen LogP contribution in [0.1, 0.15) is 19.5 Å². The van der Waals surface area contributed by atoms with E-state index in [-0.39, 0.29) is 0 Å². The van der Waals surface area contributed by atoms with Gasteiger partial charge in [0.05, 0.1) is 12.8 Å². The number of halogens is 1. The topological polar surface area (TPSA) is 35.0 Å². The van der Waals surface area contributed by atoms with Crippen LogP contribution in [0.3, 0.4) is 0 Å². The molecule has 0 fully saturated rings. The fourth-order valence-corrected chi connectivity index (χ4v) is 1.29. The molecule has 0 unspecified atom stereocenters. The molecule has 1 aromatic heterocycles. The van der Waals surface area contributed by atoms with Gasteiger partial charge in [-0.15, -0.1) is 5.10 Å². The van der Waals surface area contributed by atoms with Gasteiger partial charge in [0.2, 0.25) is 0 Å². The third-order valence-electron chi connectivity index (χ3n) is 1.58. The molecule has 0 spiro atoms. The van der Waals surface area contributed by atoms with Crippen molar-refractivity contribution in [1.29, 1.82) is 0 Å². The summed E-state index contributed by atoms with van der Waals surface area (Å²) in [7, 11) is 1.53. The van der Waals surface area contributed by atoms with Gasteiger partial charge in [0.1, 0.15) is 5.02 Å². The summed E-state index contributed by atoms with van der Waals surface area (Å²) in [5.74, 6) is 0.938. The Hall–Kier alpha value is -0.830. The average molecular weight is 201 g/mol. The van der Waals surface area contributed by atoms with Gasteiger partial charge in [-0.25, -0.2) is 0 Å². The molecule has 0 aromatic carbocycles. The van der Waals surface area contributed by atoms with Crippen LogP contribution in [0.25, 0.3) is 0 Å². The first-order chi connectivity index (χ1) is 6.13. The van der Waals surface area contributed by atoms with E-state index in [0.29, 0.717) is 16.8 Å². The molecule has 0 bridgehead atoms. The second kappa shape index (κ2) is 4.42.